The van der Waals surface area contributed by atoms with E-state index in [-0.39, 0.29) is 18.1 Å². The molecule has 2 heterocycles. The fourth-order valence-electron chi connectivity index (χ4n) is 2.75. The summed E-state index contributed by atoms with van der Waals surface area (Å²) in [5.74, 6) is -0.780. The van der Waals surface area contributed by atoms with Gasteiger partial charge in [-0.25, -0.2) is 4.79 Å². The molecule has 0 bridgehead atoms. The van der Waals surface area contributed by atoms with E-state index in [1.54, 1.807) is 14.0 Å². The van der Waals surface area contributed by atoms with Crippen LogP contribution in [0.15, 0.2) is 36.5 Å². The van der Waals surface area contributed by atoms with E-state index in [4.69, 9.17) is 4.74 Å². The number of hydrogen-bond donors (Lipinski definition) is 1. The van der Waals surface area contributed by atoms with Gasteiger partial charge in [-0.15, -0.1) is 0 Å². The fourth-order valence-corrected chi connectivity index (χ4v) is 2.75. The minimum Gasteiger partial charge on any atom is -0.464 e. The van der Waals surface area contributed by atoms with E-state index in [1.807, 2.05) is 41.1 Å². The minimum absolute atomic E-state index is 0.141. The van der Waals surface area contributed by atoms with Crippen molar-refractivity contribution in [2.45, 2.75) is 13.5 Å². The molecule has 0 saturated heterocycles. The Bertz CT molecular complexity index is 923. The first-order valence-corrected chi connectivity index (χ1v) is 7.47. The fraction of sp³-hybridized carbons (Fsp3) is 0.235. The highest BCUT2D eigenvalue weighted by Gasteiger charge is 2.22. The lowest BCUT2D eigenvalue weighted by molar-refractivity contribution is -0.116. The van der Waals surface area contributed by atoms with Gasteiger partial charge in [-0.3, -0.25) is 9.48 Å². The number of carbonyl (C=O) groups excluding carboxylic acids is 2. The molecule has 0 saturated carbocycles. The molecule has 1 N–H and O–H groups in total. The first-order chi connectivity index (χ1) is 11.5. The SMILES string of the molecule is COC(=O)c1c(NC(=O)Cn2ccc3ccccc32)c(C)nn1C. The van der Waals surface area contributed by atoms with Gasteiger partial charge in [0.15, 0.2) is 5.69 Å². The first-order valence-electron chi connectivity index (χ1n) is 7.47. The molecule has 0 spiro atoms. The van der Waals surface area contributed by atoms with Crippen LogP contribution in [0.1, 0.15) is 16.2 Å². The smallest absolute Gasteiger partial charge is 0.358 e. The van der Waals surface area contributed by atoms with Crippen LogP contribution in [-0.2, 0) is 23.1 Å². The number of esters is 1. The number of anilines is 1. The summed E-state index contributed by atoms with van der Waals surface area (Å²) in [6.07, 6.45) is 1.86. The van der Waals surface area contributed by atoms with Crippen LogP contribution in [0.2, 0.25) is 0 Å². The summed E-state index contributed by atoms with van der Waals surface area (Å²) < 4.78 is 8.02. The summed E-state index contributed by atoms with van der Waals surface area (Å²) in [4.78, 5) is 24.3. The topological polar surface area (TPSA) is 78.2 Å². The van der Waals surface area contributed by atoms with E-state index in [1.165, 1.54) is 11.8 Å². The lowest BCUT2D eigenvalue weighted by atomic mass is 10.2. The number of hydrogen-bond acceptors (Lipinski definition) is 4. The lowest BCUT2D eigenvalue weighted by Gasteiger charge is -2.09. The largest absolute Gasteiger partial charge is 0.464 e. The number of nitrogens with one attached hydrogen (secondary N) is 1. The Balaban J connectivity index is 1.84. The molecule has 0 atom stereocenters. The summed E-state index contributed by atoms with van der Waals surface area (Å²) in [5.41, 5.74) is 2.14. The summed E-state index contributed by atoms with van der Waals surface area (Å²) in [6.45, 7) is 1.87. The van der Waals surface area contributed by atoms with Crippen molar-refractivity contribution in [2.24, 2.45) is 7.05 Å². The third-order valence-electron chi connectivity index (χ3n) is 3.86. The highest BCUT2D eigenvalue weighted by Crippen LogP contribution is 2.21. The highest BCUT2D eigenvalue weighted by atomic mass is 16.5. The second-order valence-corrected chi connectivity index (χ2v) is 5.47. The number of nitrogens with zero attached hydrogens (tertiary/aromatic N) is 3. The maximum atomic E-state index is 12.4. The molecule has 0 fully saturated rings. The Hall–Kier alpha value is -3.09. The average molecular weight is 326 g/mol. The van der Waals surface area contributed by atoms with Crippen molar-refractivity contribution < 1.29 is 14.3 Å². The summed E-state index contributed by atoms with van der Waals surface area (Å²) >= 11 is 0. The zero-order valence-corrected chi connectivity index (χ0v) is 13.7. The van der Waals surface area contributed by atoms with Gasteiger partial charge in [0.25, 0.3) is 0 Å². The predicted molar refractivity (Wildman–Crippen MR) is 89.9 cm³/mol. The Morgan fingerprint density at radius 2 is 2.00 bits per heavy atom. The monoisotopic (exact) mass is 326 g/mol. The van der Waals surface area contributed by atoms with Crippen LogP contribution in [0, 0.1) is 6.92 Å². The molecule has 2 aromatic heterocycles. The Kier molecular flexibility index (Phi) is 4.07. The van der Waals surface area contributed by atoms with Gasteiger partial charge in [0.05, 0.1) is 18.5 Å². The molecule has 24 heavy (non-hydrogen) atoms. The van der Waals surface area contributed by atoms with Crippen molar-refractivity contribution in [1.82, 2.24) is 14.3 Å². The molecule has 0 unspecified atom stereocenters. The van der Waals surface area contributed by atoms with Gasteiger partial charge < -0.3 is 14.6 Å². The van der Waals surface area contributed by atoms with Gasteiger partial charge >= 0.3 is 5.97 Å². The number of fused-ring (bicyclic) bond motifs is 1. The van der Waals surface area contributed by atoms with Crippen molar-refractivity contribution in [3.05, 3.63) is 47.9 Å². The number of methoxy groups -OCH3 is 1. The van der Waals surface area contributed by atoms with E-state index in [2.05, 4.69) is 10.4 Å². The molecule has 7 heteroatoms. The average Bonchev–Trinajstić information content (AvgIpc) is 3.08. The minimum atomic E-state index is -0.542. The second kappa shape index (κ2) is 6.19. The van der Waals surface area contributed by atoms with E-state index < -0.39 is 5.97 Å². The first kappa shape index (κ1) is 15.8. The van der Waals surface area contributed by atoms with Crippen molar-refractivity contribution in [2.75, 3.05) is 12.4 Å². The lowest BCUT2D eigenvalue weighted by Crippen LogP contribution is -2.20. The molecule has 3 aromatic rings. The molecule has 0 radical (unpaired) electrons. The summed E-state index contributed by atoms with van der Waals surface area (Å²) in [5, 5.41) is 8.02. The Labute approximate surface area is 138 Å². The number of carbonyl (C=O) groups is 2. The summed E-state index contributed by atoms with van der Waals surface area (Å²) in [6, 6.07) is 9.78. The Morgan fingerprint density at radius 3 is 2.75 bits per heavy atom. The standard InChI is InChI=1S/C17H18N4O3/c1-11-15(16(17(23)24-3)20(2)19-11)18-14(22)10-21-9-8-12-6-4-5-7-13(12)21/h4-9H,10H2,1-3H3,(H,18,22). The van der Waals surface area contributed by atoms with Crippen molar-refractivity contribution in [3.8, 4) is 0 Å². The number of amides is 1. The van der Waals surface area contributed by atoms with Gasteiger partial charge in [0.2, 0.25) is 5.91 Å². The molecule has 124 valence electrons. The molecule has 0 aliphatic carbocycles. The number of rotatable bonds is 4. The van der Waals surface area contributed by atoms with Gasteiger partial charge in [0, 0.05) is 18.8 Å². The number of para-hydroxylation sites is 1. The van der Waals surface area contributed by atoms with Crippen LogP contribution >= 0.6 is 0 Å². The van der Waals surface area contributed by atoms with Gasteiger partial charge in [-0.05, 0) is 24.4 Å². The molecular weight excluding hydrogens is 308 g/mol. The molecule has 3 rings (SSSR count). The number of aromatic nitrogens is 3. The van der Waals surface area contributed by atoms with Gasteiger partial charge in [0.1, 0.15) is 6.54 Å². The number of ether oxygens (including phenoxy) is 1. The van der Waals surface area contributed by atoms with E-state index in [0.717, 1.165) is 10.9 Å². The van der Waals surface area contributed by atoms with Crippen LogP contribution in [0.5, 0.6) is 0 Å². The van der Waals surface area contributed by atoms with Crippen LogP contribution < -0.4 is 5.32 Å². The summed E-state index contributed by atoms with van der Waals surface area (Å²) in [7, 11) is 2.93. The zero-order chi connectivity index (χ0) is 17.3. The maximum absolute atomic E-state index is 12.4. The van der Waals surface area contributed by atoms with E-state index >= 15 is 0 Å². The third kappa shape index (κ3) is 2.76. The van der Waals surface area contributed by atoms with Crippen LogP contribution in [0.3, 0.4) is 0 Å². The number of benzene rings is 1. The normalized spacial score (nSPS) is 10.8. The van der Waals surface area contributed by atoms with Crippen LogP contribution in [-0.4, -0.2) is 33.3 Å². The highest BCUT2D eigenvalue weighted by molar-refractivity contribution is 6.01. The zero-order valence-electron chi connectivity index (χ0n) is 13.7. The van der Waals surface area contributed by atoms with Crippen molar-refractivity contribution >= 4 is 28.5 Å². The third-order valence-corrected chi connectivity index (χ3v) is 3.86. The van der Waals surface area contributed by atoms with Crippen molar-refractivity contribution in [1.29, 1.82) is 0 Å². The molecular formula is C17H18N4O3. The van der Waals surface area contributed by atoms with Crippen LogP contribution in [0.4, 0.5) is 5.69 Å². The second-order valence-electron chi connectivity index (χ2n) is 5.47. The van der Waals surface area contributed by atoms with E-state index in [0.29, 0.717) is 11.4 Å². The van der Waals surface area contributed by atoms with Gasteiger partial charge in [-0.2, -0.15) is 5.10 Å². The predicted octanol–water partition coefficient (Wildman–Crippen LogP) is 2.11. The molecule has 0 aliphatic rings. The molecule has 0 aliphatic heterocycles. The molecule has 1 aromatic carbocycles. The van der Waals surface area contributed by atoms with E-state index in [9.17, 15) is 9.59 Å². The van der Waals surface area contributed by atoms with Crippen molar-refractivity contribution in [3.63, 3.8) is 0 Å². The Morgan fingerprint density at radius 1 is 1.25 bits per heavy atom. The molecule has 1 amide bonds. The van der Waals surface area contributed by atoms with Crippen LogP contribution in [0.25, 0.3) is 10.9 Å². The maximum Gasteiger partial charge on any atom is 0.358 e. The number of aryl methyl sites for hydroxylation is 2. The quantitative estimate of drug-likeness (QED) is 0.745. The van der Waals surface area contributed by atoms with Gasteiger partial charge in [-0.1, -0.05) is 18.2 Å². The molecule has 7 nitrogen and oxygen atoms in total.